The van der Waals surface area contributed by atoms with Gasteiger partial charge in [0.15, 0.2) is 5.82 Å². The third kappa shape index (κ3) is 4.53. The molecule has 12 aromatic rings. The zero-order chi connectivity index (χ0) is 36.0. The molecule has 0 amide bonds. The van der Waals surface area contributed by atoms with Crippen LogP contribution in [0, 0.1) is 0 Å². The van der Waals surface area contributed by atoms with Gasteiger partial charge in [-0.25, -0.2) is 9.97 Å². The standard InChI is InChI=1S/C50H29N3O2/c1-2-11-30(12-3-1)48-41-29-33(23-24-42(41)51-50(52-48)38-17-10-16-37-35-14-5-9-20-46(35)55-49(37)38)53-43-18-7-4-13-34(43)39-27-31(21-25-44(39)53)32-22-26-47-40(28-32)36-15-6-8-19-45(36)54-47/h1-29H. The van der Waals surface area contributed by atoms with Gasteiger partial charge in [-0.2, -0.15) is 0 Å². The van der Waals surface area contributed by atoms with Crippen molar-refractivity contribution in [2.24, 2.45) is 0 Å². The van der Waals surface area contributed by atoms with Gasteiger partial charge < -0.3 is 13.4 Å². The van der Waals surface area contributed by atoms with Crippen LogP contribution in [0.4, 0.5) is 0 Å². The molecule has 5 nitrogen and oxygen atoms in total. The Labute approximate surface area is 314 Å². The second-order valence-corrected chi connectivity index (χ2v) is 14.1. The summed E-state index contributed by atoms with van der Waals surface area (Å²) in [6, 6.07) is 61.5. The van der Waals surface area contributed by atoms with Crippen LogP contribution in [-0.2, 0) is 0 Å². The highest BCUT2D eigenvalue weighted by Gasteiger charge is 2.19. The van der Waals surface area contributed by atoms with Crippen LogP contribution in [0.3, 0.4) is 0 Å². The SMILES string of the molecule is c1ccc(-c2nc(-c3cccc4c3oc3ccccc34)nc3ccc(-n4c5ccccc5c5cc(-c6ccc7oc8ccccc8c7c6)ccc54)cc23)cc1. The zero-order valence-corrected chi connectivity index (χ0v) is 29.4. The highest BCUT2D eigenvalue weighted by Crippen LogP contribution is 2.40. The average molecular weight is 704 g/mol. The van der Waals surface area contributed by atoms with Crippen LogP contribution in [0.2, 0.25) is 0 Å². The lowest BCUT2D eigenvalue weighted by Gasteiger charge is -2.13. The number of hydrogen-bond acceptors (Lipinski definition) is 4. The number of hydrogen-bond donors (Lipinski definition) is 0. The molecule has 0 fully saturated rings. The molecule has 4 aromatic heterocycles. The number of benzene rings is 8. The van der Waals surface area contributed by atoms with Gasteiger partial charge in [-0.05, 0) is 77.9 Å². The molecule has 0 radical (unpaired) electrons. The van der Waals surface area contributed by atoms with Crippen LogP contribution >= 0.6 is 0 Å². The second-order valence-electron chi connectivity index (χ2n) is 14.1. The molecule has 0 bridgehead atoms. The Bertz CT molecular complexity index is 3500. The Kier molecular flexibility index (Phi) is 6.27. The lowest BCUT2D eigenvalue weighted by atomic mass is 10.0. The summed E-state index contributed by atoms with van der Waals surface area (Å²) in [5, 5.41) is 7.76. The van der Waals surface area contributed by atoms with E-state index in [2.05, 4.69) is 144 Å². The number of rotatable bonds is 4. The molecule has 0 saturated carbocycles. The molecule has 12 rings (SSSR count). The Morgan fingerprint density at radius 1 is 0.382 bits per heavy atom. The van der Waals surface area contributed by atoms with Gasteiger partial charge in [0.25, 0.3) is 0 Å². The van der Waals surface area contributed by atoms with Crippen molar-refractivity contribution in [2.45, 2.75) is 0 Å². The van der Waals surface area contributed by atoms with Crippen LogP contribution in [0.15, 0.2) is 185 Å². The predicted octanol–water partition coefficient (Wildman–Crippen LogP) is 13.5. The monoisotopic (exact) mass is 703 g/mol. The number of fused-ring (bicyclic) bond motifs is 10. The fourth-order valence-electron chi connectivity index (χ4n) is 8.45. The smallest absolute Gasteiger partial charge is 0.164 e. The van der Waals surface area contributed by atoms with E-state index in [0.29, 0.717) is 5.82 Å². The minimum atomic E-state index is 0.634. The van der Waals surface area contributed by atoms with E-state index in [1.807, 2.05) is 36.4 Å². The van der Waals surface area contributed by atoms with Gasteiger partial charge >= 0.3 is 0 Å². The van der Waals surface area contributed by atoms with E-state index in [-0.39, 0.29) is 0 Å². The molecule has 0 aliphatic carbocycles. The first-order valence-electron chi connectivity index (χ1n) is 18.5. The molecule has 0 aliphatic rings. The first kappa shape index (κ1) is 30.0. The molecule has 4 heterocycles. The van der Waals surface area contributed by atoms with Crippen LogP contribution in [0.5, 0.6) is 0 Å². The minimum Gasteiger partial charge on any atom is -0.456 e. The Morgan fingerprint density at radius 2 is 1.04 bits per heavy atom. The molecule has 0 N–H and O–H groups in total. The molecule has 256 valence electrons. The predicted molar refractivity (Wildman–Crippen MR) is 225 cm³/mol. The summed E-state index contributed by atoms with van der Waals surface area (Å²) in [6.45, 7) is 0. The second kappa shape index (κ2) is 11.5. The Hall–Kier alpha value is -7.50. The van der Waals surface area contributed by atoms with Gasteiger partial charge in [0.1, 0.15) is 22.3 Å². The molecule has 55 heavy (non-hydrogen) atoms. The largest absolute Gasteiger partial charge is 0.456 e. The van der Waals surface area contributed by atoms with Gasteiger partial charge in [-0.3, -0.25) is 0 Å². The van der Waals surface area contributed by atoms with Crippen LogP contribution in [-0.4, -0.2) is 14.5 Å². The maximum Gasteiger partial charge on any atom is 0.164 e. The van der Waals surface area contributed by atoms with Gasteiger partial charge in [0.2, 0.25) is 0 Å². The maximum absolute atomic E-state index is 6.43. The summed E-state index contributed by atoms with van der Waals surface area (Å²) in [7, 11) is 0. The van der Waals surface area contributed by atoms with E-state index in [9.17, 15) is 0 Å². The zero-order valence-electron chi connectivity index (χ0n) is 29.4. The summed E-state index contributed by atoms with van der Waals surface area (Å²) in [6.07, 6.45) is 0. The molecule has 0 atom stereocenters. The topological polar surface area (TPSA) is 57.0 Å². The van der Waals surface area contributed by atoms with Crippen molar-refractivity contribution >= 4 is 76.6 Å². The van der Waals surface area contributed by atoms with E-state index in [4.69, 9.17) is 18.8 Å². The van der Waals surface area contributed by atoms with Gasteiger partial charge in [-0.1, -0.05) is 109 Å². The van der Waals surface area contributed by atoms with Gasteiger partial charge in [0.05, 0.1) is 27.8 Å². The van der Waals surface area contributed by atoms with Crippen molar-refractivity contribution in [1.29, 1.82) is 0 Å². The van der Waals surface area contributed by atoms with E-state index in [0.717, 1.165) is 99.4 Å². The van der Waals surface area contributed by atoms with E-state index in [1.165, 1.54) is 10.8 Å². The Morgan fingerprint density at radius 3 is 1.89 bits per heavy atom. The fraction of sp³-hybridized carbons (Fsp3) is 0. The molecule has 0 unspecified atom stereocenters. The van der Waals surface area contributed by atoms with Crippen LogP contribution < -0.4 is 0 Å². The third-order valence-electron chi connectivity index (χ3n) is 11.0. The van der Waals surface area contributed by atoms with Crippen molar-refractivity contribution in [3.8, 4) is 39.5 Å². The first-order chi connectivity index (χ1) is 27.2. The number of nitrogens with zero attached hydrogens (tertiary/aromatic N) is 3. The lowest BCUT2D eigenvalue weighted by Crippen LogP contribution is -1.98. The van der Waals surface area contributed by atoms with Crippen LogP contribution in [0.25, 0.3) is 116 Å². The number of aromatic nitrogens is 3. The molecular formula is C50H29N3O2. The third-order valence-corrected chi connectivity index (χ3v) is 11.0. The molecule has 8 aromatic carbocycles. The van der Waals surface area contributed by atoms with Gasteiger partial charge in [0, 0.05) is 49.0 Å². The van der Waals surface area contributed by atoms with Crippen LogP contribution in [0.1, 0.15) is 0 Å². The molecular weight excluding hydrogens is 675 g/mol. The molecule has 5 heteroatoms. The van der Waals surface area contributed by atoms with Crippen molar-refractivity contribution < 1.29 is 8.83 Å². The number of furan rings is 2. The highest BCUT2D eigenvalue weighted by molar-refractivity contribution is 6.12. The van der Waals surface area contributed by atoms with E-state index >= 15 is 0 Å². The van der Waals surface area contributed by atoms with E-state index < -0.39 is 0 Å². The quantitative estimate of drug-likeness (QED) is 0.183. The van der Waals surface area contributed by atoms with Crippen molar-refractivity contribution in [1.82, 2.24) is 14.5 Å². The maximum atomic E-state index is 6.43. The summed E-state index contributed by atoms with van der Waals surface area (Å²) in [5.74, 6) is 0.634. The highest BCUT2D eigenvalue weighted by atomic mass is 16.3. The van der Waals surface area contributed by atoms with Gasteiger partial charge in [-0.15, -0.1) is 0 Å². The Balaban J connectivity index is 1.05. The van der Waals surface area contributed by atoms with Crippen molar-refractivity contribution in [2.75, 3.05) is 0 Å². The summed E-state index contributed by atoms with van der Waals surface area (Å²) in [4.78, 5) is 10.5. The molecule has 0 spiro atoms. The first-order valence-corrected chi connectivity index (χ1v) is 18.5. The lowest BCUT2D eigenvalue weighted by molar-refractivity contribution is 0.669. The normalized spacial score (nSPS) is 12.0. The fourth-order valence-corrected chi connectivity index (χ4v) is 8.45. The summed E-state index contributed by atoms with van der Waals surface area (Å²) in [5.41, 5.74) is 12.7. The van der Waals surface area contributed by atoms with E-state index in [1.54, 1.807) is 0 Å². The average Bonchev–Trinajstić information content (AvgIpc) is 3.92. The summed E-state index contributed by atoms with van der Waals surface area (Å²) >= 11 is 0. The molecule has 0 aliphatic heterocycles. The van der Waals surface area contributed by atoms with Crippen molar-refractivity contribution in [3.63, 3.8) is 0 Å². The molecule has 0 saturated heterocycles. The minimum absolute atomic E-state index is 0.634. The number of para-hydroxylation sites is 4. The van der Waals surface area contributed by atoms with Crippen molar-refractivity contribution in [3.05, 3.63) is 176 Å². The summed E-state index contributed by atoms with van der Waals surface area (Å²) < 4.78 is 14.9.